The summed E-state index contributed by atoms with van der Waals surface area (Å²) in [6.45, 7) is -0.410. The van der Waals surface area contributed by atoms with Crippen LogP contribution in [-0.4, -0.2) is 41.4 Å². The lowest BCUT2D eigenvalue weighted by Gasteiger charge is -2.15. The van der Waals surface area contributed by atoms with Gasteiger partial charge in [0.25, 0.3) is 11.8 Å². The normalized spacial score (nSPS) is 12.6. The lowest BCUT2D eigenvalue weighted by Crippen LogP contribution is -2.43. The molecule has 8 heteroatoms. The molecule has 2 N–H and O–H groups in total. The number of amides is 3. The second-order valence-corrected chi connectivity index (χ2v) is 5.88. The van der Waals surface area contributed by atoms with E-state index in [9.17, 15) is 14.4 Å². The summed E-state index contributed by atoms with van der Waals surface area (Å²) in [6, 6.07) is 13.5. The number of imide groups is 1. The Hall–Kier alpha value is -3.26. The van der Waals surface area contributed by atoms with Crippen LogP contribution < -0.4 is 15.4 Å². The summed E-state index contributed by atoms with van der Waals surface area (Å²) in [6.07, 6.45) is 0. The predicted molar refractivity (Wildman–Crippen MR) is 99.2 cm³/mol. The monoisotopic (exact) mass is 369 g/mol. The molecule has 0 bridgehead atoms. The molecule has 2 aromatic carbocycles. The van der Waals surface area contributed by atoms with Crippen molar-refractivity contribution >= 4 is 40.7 Å². The van der Waals surface area contributed by atoms with Crippen molar-refractivity contribution in [1.82, 2.24) is 10.2 Å². The van der Waals surface area contributed by atoms with Gasteiger partial charge in [-0.1, -0.05) is 18.2 Å². The zero-order valence-electron chi connectivity index (χ0n) is 13.8. The molecule has 26 heavy (non-hydrogen) atoms. The second-order valence-electron chi connectivity index (χ2n) is 5.48. The van der Waals surface area contributed by atoms with Crippen LogP contribution in [0.5, 0.6) is 5.75 Å². The summed E-state index contributed by atoms with van der Waals surface area (Å²) in [5.41, 5.74) is 1.22. The minimum absolute atomic E-state index is 0.0554. The summed E-state index contributed by atoms with van der Waals surface area (Å²) >= 11 is 5.09. The van der Waals surface area contributed by atoms with E-state index in [-0.39, 0.29) is 5.11 Å². The van der Waals surface area contributed by atoms with Crippen LogP contribution in [0, 0.1) is 0 Å². The summed E-state index contributed by atoms with van der Waals surface area (Å²) in [4.78, 5) is 37.6. The topological polar surface area (TPSA) is 87.7 Å². The lowest BCUT2D eigenvalue weighted by atomic mass is 10.1. The first-order valence-corrected chi connectivity index (χ1v) is 8.10. The largest absolute Gasteiger partial charge is 0.497 e. The molecule has 1 heterocycles. The standard InChI is InChI=1S/C18H15N3O4S/c1-25-12-6-4-5-11(9-12)19-18(26)20-15(22)10-21-16(23)13-7-2-3-8-14(13)17(21)24/h2-9H,10H2,1H3,(H2,19,20,22,26). The number of hydrogen-bond donors (Lipinski definition) is 2. The summed E-state index contributed by atoms with van der Waals surface area (Å²) in [7, 11) is 1.54. The van der Waals surface area contributed by atoms with E-state index in [1.807, 2.05) is 0 Å². The third-order valence-corrected chi connectivity index (χ3v) is 3.96. The zero-order chi connectivity index (χ0) is 18.7. The number of anilines is 1. The molecule has 132 valence electrons. The van der Waals surface area contributed by atoms with Gasteiger partial charge >= 0.3 is 0 Å². The van der Waals surface area contributed by atoms with Crippen LogP contribution in [-0.2, 0) is 4.79 Å². The van der Waals surface area contributed by atoms with E-state index >= 15 is 0 Å². The van der Waals surface area contributed by atoms with Crippen LogP contribution in [0.4, 0.5) is 5.69 Å². The molecule has 7 nitrogen and oxygen atoms in total. The maximum Gasteiger partial charge on any atom is 0.262 e. The molecule has 0 unspecified atom stereocenters. The molecule has 0 aromatic heterocycles. The molecule has 0 aliphatic carbocycles. The van der Waals surface area contributed by atoms with Gasteiger partial charge in [-0.15, -0.1) is 0 Å². The third kappa shape index (κ3) is 3.55. The van der Waals surface area contributed by atoms with Gasteiger partial charge in [-0.2, -0.15) is 0 Å². The van der Waals surface area contributed by atoms with Crippen molar-refractivity contribution in [1.29, 1.82) is 0 Å². The van der Waals surface area contributed by atoms with Crippen LogP contribution in [0.15, 0.2) is 48.5 Å². The number of carbonyl (C=O) groups excluding carboxylic acids is 3. The summed E-state index contributed by atoms with van der Waals surface area (Å²) in [5.74, 6) is -0.921. The number of carbonyl (C=O) groups is 3. The Kier molecular flexibility index (Phi) is 4.94. The van der Waals surface area contributed by atoms with E-state index in [0.717, 1.165) is 4.90 Å². The first kappa shape index (κ1) is 17.6. The van der Waals surface area contributed by atoms with Gasteiger partial charge in [-0.3, -0.25) is 19.3 Å². The minimum Gasteiger partial charge on any atom is -0.497 e. The van der Waals surface area contributed by atoms with Gasteiger partial charge in [0.2, 0.25) is 5.91 Å². The predicted octanol–water partition coefficient (Wildman–Crippen LogP) is 1.80. The van der Waals surface area contributed by atoms with Crippen LogP contribution >= 0.6 is 12.2 Å². The van der Waals surface area contributed by atoms with E-state index in [1.165, 1.54) is 0 Å². The Bertz CT molecular complexity index is 878. The van der Waals surface area contributed by atoms with E-state index in [2.05, 4.69) is 10.6 Å². The highest BCUT2D eigenvalue weighted by Gasteiger charge is 2.36. The summed E-state index contributed by atoms with van der Waals surface area (Å²) in [5, 5.41) is 5.35. The van der Waals surface area contributed by atoms with E-state index in [1.54, 1.807) is 55.6 Å². The number of nitrogens with zero attached hydrogens (tertiary/aromatic N) is 1. The second kappa shape index (κ2) is 7.32. The van der Waals surface area contributed by atoms with Gasteiger partial charge in [0, 0.05) is 11.8 Å². The van der Waals surface area contributed by atoms with Crippen molar-refractivity contribution < 1.29 is 19.1 Å². The average Bonchev–Trinajstić information content (AvgIpc) is 2.87. The molecule has 1 aliphatic heterocycles. The maximum absolute atomic E-state index is 12.3. The molecule has 0 radical (unpaired) electrons. The van der Waals surface area contributed by atoms with Crippen LogP contribution in [0.1, 0.15) is 20.7 Å². The van der Waals surface area contributed by atoms with E-state index in [4.69, 9.17) is 17.0 Å². The zero-order valence-corrected chi connectivity index (χ0v) is 14.6. The molecular formula is C18H15N3O4S. The summed E-state index contributed by atoms with van der Waals surface area (Å²) < 4.78 is 5.11. The SMILES string of the molecule is COc1cccc(NC(=S)NC(=O)CN2C(=O)c3ccccc3C2=O)c1. The fourth-order valence-corrected chi connectivity index (χ4v) is 2.79. The van der Waals surface area contributed by atoms with Crippen molar-refractivity contribution in [2.45, 2.75) is 0 Å². The number of hydrogen-bond acceptors (Lipinski definition) is 5. The Labute approximate surface area is 154 Å². The van der Waals surface area contributed by atoms with Gasteiger partial charge in [0.15, 0.2) is 5.11 Å². The molecule has 0 spiro atoms. The molecule has 0 atom stereocenters. The molecule has 0 saturated heterocycles. The van der Waals surface area contributed by atoms with E-state index < -0.39 is 24.3 Å². The van der Waals surface area contributed by atoms with Crippen LogP contribution in [0.2, 0.25) is 0 Å². The van der Waals surface area contributed by atoms with Crippen molar-refractivity contribution in [3.8, 4) is 5.75 Å². The molecule has 0 saturated carbocycles. The van der Waals surface area contributed by atoms with Crippen molar-refractivity contribution in [3.63, 3.8) is 0 Å². The van der Waals surface area contributed by atoms with Gasteiger partial charge in [-0.05, 0) is 36.5 Å². The number of methoxy groups -OCH3 is 1. The number of ether oxygens (including phenoxy) is 1. The molecule has 3 amide bonds. The van der Waals surface area contributed by atoms with Gasteiger partial charge in [-0.25, -0.2) is 0 Å². The highest BCUT2D eigenvalue weighted by Crippen LogP contribution is 2.22. The fourth-order valence-electron chi connectivity index (χ4n) is 2.56. The molecule has 0 fully saturated rings. The van der Waals surface area contributed by atoms with Gasteiger partial charge in [0.05, 0.1) is 18.2 Å². The Balaban J connectivity index is 1.60. The number of thiocarbonyl (C=S) groups is 1. The first-order valence-electron chi connectivity index (χ1n) is 7.69. The van der Waals surface area contributed by atoms with Crippen molar-refractivity contribution in [3.05, 3.63) is 59.7 Å². The van der Waals surface area contributed by atoms with Gasteiger partial charge < -0.3 is 15.4 Å². The number of rotatable bonds is 4. The number of fused-ring (bicyclic) bond motifs is 1. The molecule has 1 aliphatic rings. The smallest absolute Gasteiger partial charge is 0.262 e. The molecular weight excluding hydrogens is 354 g/mol. The fraction of sp³-hybridized carbons (Fsp3) is 0.111. The first-order chi connectivity index (χ1) is 12.5. The number of nitrogens with one attached hydrogen (secondary N) is 2. The highest BCUT2D eigenvalue weighted by molar-refractivity contribution is 7.80. The minimum atomic E-state index is -0.570. The molecule has 2 aromatic rings. The Morgan fingerprint density at radius 2 is 1.73 bits per heavy atom. The van der Waals surface area contributed by atoms with Crippen LogP contribution in [0.3, 0.4) is 0 Å². The Morgan fingerprint density at radius 3 is 2.35 bits per heavy atom. The quantitative estimate of drug-likeness (QED) is 0.631. The molecule has 3 rings (SSSR count). The van der Waals surface area contributed by atoms with E-state index in [0.29, 0.717) is 22.6 Å². The lowest BCUT2D eigenvalue weighted by molar-refractivity contribution is -0.120. The maximum atomic E-state index is 12.3. The van der Waals surface area contributed by atoms with Crippen LogP contribution in [0.25, 0.3) is 0 Å². The van der Waals surface area contributed by atoms with Gasteiger partial charge in [0.1, 0.15) is 12.3 Å². The average molecular weight is 369 g/mol. The van der Waals surface area contributed by atoms with Crippen molar-refractivity contribution in [2.24, 2.45) is 0 Å². The Morgan fingerprint density at radius 1 is 1.08 bits per heavy atom. The van der Waals surface area contributed by atoms with Crippen molar-refractivity contribution in [2.75, 3.05) is 19.0 Å². The number of benzene rings is 2. The third-order valence-electron chi connectivity index (χ3n) is 3.76. The highest BCUT2D eigenvalue weighted by atomic mass is 32.1.